The molecule has 0 aliphatic heterocycles. The van der Waals surface area contributed by atoms with E-state index in [0.717, 1.165) is 28.2 Å². The number of rotatable bonds is 3. The predicted molar refractivity (Wildman–Crippen MR) is 88.2 cm³/mol. The number of hydrogen-bond acceptors (Lipinski definition) is 1. The van der Waals surface area contributed by atoms with Crippen LogP contribution >= 0.6 is 0 Å². The van der Waals surface area contributed by atoms with Crippen LogP contribution in [-0.4, -0.2) is 10.5 Å². The van der Waals surface area contributed by atoms with E-state index in [1.54, 1.807) is 0 Å². The molecule has 0 bridgehead atoms. The maximum atomic E-state index is 12.5. The molecule has 112 valence electrons. The largest absolute Gasteiger partial charge is 0.346 e. The molecule has 3 nitrogen and oxygen atoms in total. The summed E-state index contributed by atoms with van der Waals surface area (Å²) in [6, 6.07) is 8.37. The number of benzene rings is 1. The van der Waals surface area contributed by atoms with Crippen LogP contribution in [0, 0.1) is 27.7 Å². The van der Waals surface area contributed by atoms with Crippen molar-refractivity contribution in [1.29, 1.82) is 0 Å². The topological polar surface area (TPSA) is 34.0 Å². The minimum atomic E-state index is -0.0399. The van der Waals surface area contributed by atoms with Gasteiger partial charge in [-0.2, -0.15) is 0 Å². The number of hydrogen-bond donors (Lipinski definition) is 1. The van der Waals surface area contributed by atoms with Crippen LogP contribution < -0.4 is 5.32 Å². The van der Waals surface area contributed by atoms with Crippen LogP contribution in [0.15, 0.2) is 24.3 Å². The van der Waals surface area contributed by atoms with Crippen LogP contribution in [0.4, 0.5) is 5.69 Å². The SMILES string of the molecule is Cc1ccc(NC(=O)c2cc(C)n(C(C)C)c2C)c(C)c1. The lowest BCUT2D eigenvalue weighted by Crippen LogP contribution is -2.14. The highest BCUT2D eigenvalue weighted by Gasteiger charge is 2.17. The molecular weight excluding hydrogens is 260 g/mol. The summed E-state index contributed by atoms with van der Waals surface area (Å²) in [6.07, 6.45) is 0. The van der Waals surface area contributed by atoms with E-state index in [1.807, 2.05) is 39.0 Å². The smallest absolute Gasteiger partial charge is 0.257 e. The fraction of sp³-hybridized carbons (Fsp3) is 0.389. The molecule has 0 atom stereocenters. The number of aromatic nitrogens is 1. The molecule has 1 amide bonds. The van der Waals surface area contributed by atoms with Gasteiger partial charge in [-0.25, -0.2) is 0 Å². The van der Waals surface area contributed by atoms with Crippen molar-refractivity contribution in [2.45, 2.75) is 47.6 Å². The third-order valence-electron chi connectivity index (χ3n) is 3.88. The van der Waals surface area contributed by atoms with Crippen molar-refractivity contribution in [2.24, 2.45) is 0 Å². The molecule has 21 heavy (non-hydrogen) atoms. The maximum absolute atomic E-state index is 12.5. The number of carbonyl (C=O) groups excluding carboxylic acids is 1. The summed E-state index contributed by atoms with van der Waals surface area (Å²) in [6.45, 7) is 12.4. The molecule has 0 saturated carbocycles. The summed E-state index contributed by atoms with van der Waals surface area (Å²) < 4.78 is 2.19. The zero-order chi connectivity index (χ0) is 15.7. The molecule has 1 N–H and O–H groups in total. The minimum Gasteiger partial charge on any atom is -0.346 e. The van der Waals surface area contributed by atoms with Gasteiger partial charge in [0.05, 0.1) is 5.56 Å². The van der Waals surface area contributed by atoms with Crippen molar-refractivity contribution in [3.05, 3.63) is 52.3 Å². The lowest BCUT2D eigenvalue weighted by atomic mass is 10.1. The van der Waals surface area contributed by atoms with Gasteiger partial charge in [-0.1, -0.05) is 17.7 Å². The molecule has 0 fully saturated rings. The molecule has 0 unspecified atom stereocenters. The number of aryl methyl sites for hydroxylation is 3. The predicted octanol–water partition coefficient (Wildman–Crippen LogP) is 4.55. The Morgan fingerprint density at radius 1 is 1.10 bits per heavy atom. The minimum absolute atomic E-state index is 0.0399. The van der Waals surface area contributed by atoms with E-state index in [1.165, 1.54) is 5.56 Å². The Hall–Kier alpha value is -2.03. The van der Waals surface area contributed by atoms with Crippen LogP contribution in [-0.2, 0) is 0 Å². The van der Waals surface area contributed by atoms with Crippen molar-refractivity contribution < 1.29 is 4.79 Å². The quantitative estimate of drug-likeness (QED) is 0.881. The lowest BCUT2D eigenvalue weighted by molar-refractivity contribution is 0.102. The molecule has 1 aromatic heterocycles. The molecule has 2 aromatic rings. The average molecular weight is 284 g/mol. The molecule has 0 aliphatic carbocycles. The summed E-state index contributed by atoms with van der Waals surface area (Å²) in [5.74, 6) is -0.0399. The monoisotopic (exact) mass is 284 g/mol. The van der Waals surface area contributed by atoms with Crippen LogP contribution in [0.2, 0.25) is 0 Å². The molecule has 2 rings (SSSR count). The average Bonchev–Trinajstić information content (AvgIpc) is 2.68. The fourth-order valence-corrected chi connectivity index (χ4v) is 2.95. The number of nitrogens with zero attached hydrogens (tertiary/aromatic N) is 1. The number of anilines is 1. The first-order valence-electron chi connectivity index (χ1n) is 7.38. The highest BCUT2D eigenvalue weighted by atomic mass is 16.1. The van der Waals surface area contributed by atoms with Gasteiger partial charge in [0.25, 0.3) is 5.91 Å². The van der Waals surface area contributed by atoms with E-state index < -0.39 is 0 Å². The van der Waals surface area contributed by atoms with Gasteiger partial charge >= 0.3 is 0 Å². The molecule has 1 heterocycles. The summed E-state index contributed by atoms with van der Waals surface area (Å²) in [5, 5.41) is 3.02. The Balaban J connectivity index is 2.31. The van der Waals surface area contributed by atoms with E-state index in [4.69, 9.17) is 0 Å². The first-order valence-corrected chi connectivity index (χ1v) is 7.38. The zero-order valence-electron chi connectivity index (χ0n) is 13.7. The lowest BCUT2D eigenvalue weighted by Gasteiger charge is -2.14. The molecule has 0 aliphatic rings. The Kier molecular flexibility index (Phi) is 4.21. The van der Waals surface area contributed by atoms with Crippen LogP contribution in [0.1, 0.15) is 52.8 Å². The highest BCUT2D eigenvalue weighted by Crippen LogP contribution is 2.22. The number of nitrogens with one attached hydrogen (secondary N) is 1. The van der Waals surface area contributed by atoms with Gasteiger partial charge in [0.2, 0.25) is 0 Å². The van der Waals surface area contributed by atoms with Crippen molar-refractivity contribution >= 4 is 11.6 Å². The van der Waals surface area contributed by atoms with E-state index >= 15 is 0 Å². The second kappa shape index (κ2) is 5.76. The highest BCUT2D eigenvalue weighted by molar-refractivity contribution is 6.05. The van der Waals surface area contributed by atoms with Gasteiger partial charge < -0.3 is 9.88 Å². The molecular formula is C18H24N2O. The standard InChI is InChI=1S/C18H24N2O/c1-11(2)20-14(5)10-16(15(20)6)18(21)19-17-8-7-12(3)9-13(17)4/h7-11H,1-6H3,(H,19,21). The first kappa shape index (κ1) is 15.4. The molecule has 0 radical (unpaired) electrons. The Morgan fingerprint density at radius 3 is 2.29 bits per heavy atom. The van der Waals surface area contributed by atoms with Gasteiger partial charge in [0, 0.05) is 23.1 Å². The second-order valence-corrected chi connectivity index (χ2v) is 6.02. The van der Waals surface area contributed by atoms with Gasteiger partial charge in [-0.15, -0.1) is 0 Å². The van der Waals surface area contributed by atoms with E-state index in [2.05, 4.69) is 36.7 Å². The Morgan fingerprint density at radius 2 is 1.76 bits per heavy atom. The number of carbonyl (C=O) groups is 1. The first-order chi connectivity index (χ1) is 9.81. The fourth-order valence-electron chi connectivity index (χ4n) is 2.95. The second-order valence-electron chi connectivity index (χ2n) is 6.02. The van der Waals surface area contributed by atoms with Gasteiger partial charge in [-0.3, -0.25) is 4.79 Å². The molecule has 3 heteroatoms. The molecule has 0 saturated heterocycles. The Bertz CT molecular complexity index is 681. The van der Waals surface area contributed by atoms with Crippen molar-refractivity contribution in [3.63, 3.8) is 0 Å². The van der Waals surface area contributed by atoms with Crippen LogP contribution in [0.3, 0.4) is 0 Å². The van der Waals surface area contributed by atoms with E-state index in [9.17, 15) is 4.79 Å². The molecule has 1 aromatic carbocycles. The Labute approximate surface area is 127 Å². The van der Waals surface area contributed by atoms with Crippen molar-refractivity contribution in [1.82, 2.24) is 4.57 Å². The van der Waals surface area contributed by atoms with Crippen molar-refractivity contribution in [3.8, 4) is 0 Å². The summed E-state index contributed by atoms with van der Waals surface area (Å²) in [5.41, 5.74) is 6.05. The van der Waals surface area contributed by atoms with Crippen LogP contribution in [0.25, 0.3) is 0 Å². The van der Waals surface area contributed by atoms with E-state index in [0.29, 0.717) is 6.04 Å². The van der Waals surface area contributed by atoms with Gasteiger partial charge in [0.1, 0.15) is 0 Å². The summed E-state index contributed by atoms with van der Waals surface area (Å²) in [7, 11) is 0. The normalized spacial score (nSPS) is 11.0. The van der Waals surface area contributed by atoms with Gasteiger partial charge in [-0.05, 0) is 59.2 Å². The van der Waals surface area contributed by atoms with Crippen LogP contribution in [0.5, 0.6) is 0 Å². The third-order valence-corrected chi connectivity index (χ3v) is 3.88. The van der Waals surface area contributed by atoms with Gasteiger partial charge in [0.15, 0.2) is 0 Å². The number of amides is 1. The maximum Gasteiger partial charge on any atom is 0.257 e. The summed E-state index contributed by atoms with van der Waals surface area (Å²) >= 11 is 0. The van der Waals surface area contributed by atoms with E-state index in [-0.39, 0.29) is 5.91 Å². The third kappa shape index (κ3) is 3.02. The molecule has 0 spiro atoms. The summed E-state index contributed by atoms with van der Waals surface area (Å²) in [4.78, 5) is 12.5. The zero-order valence-corrected chi connectivity index (χ0v) is 13.7. The van der Waals surface area contributed by atoms with Crippen molar-refractivity contribution in [2.75, 3.05) is 5.32 Å².